The fourth-order valence-corrected chi connectivity index (χ4v) is 3.18. The highest BCUT2D eigenvalue weighted by molar-refractivity contribution is 5.83. The molecule has 1 heterocycles. The normalized spacial score (nSPS) is 11.5. The number of aliphatic imine (C=N–C) groups is 1. The summed E-state index contributed by atoms with van der Waals surface area (Å²) in [7, 11) is 3.36. The number of H-pyrrole nitrogens is 1. The van der Waals surface area contributed by atoms with Crippen molar-refractivity contribution in [2.24, 2.45) is 4.99 Å². The Balaban J connectivity index is 1.54. The molecule has 0 spiro atoms. The molecule has 7 heteroatoms. The number of halogens is 1. The van der Waals surface area contributed by atoms with Gasteiger partial charge in [0.25, 0.3) is 0 Å². The maximum absolute atomic E-state index is 13.5. The largest absolute Gasteiger partial charge is 0.493 e. The highest BCUT2D eigenvalue weighted by Crippen LogP contribution is 2.28. The number of rotatable bonds is 8. The lowest BCUT2D eigenvalue weighted by Gasteiger charge is -2.14. The Labute approximate surface area is 170 Å². The number of nitrogens with zero attached hydrogens (tertiary/aromatic N) is 1. The van der Waals surface area contributed by atoms with Gasteiger partial charge in [0.1, 0.15) is 5.82 Å². The molecule has 0 aliphatic rings. The molecule has 2 aromatic carbocycles. The Kier molecular flexibility index (Phi) is 6.94. The maximum Gasteiger partial charge on any atom is 0.191 e. The van der Waals surface area contributed by atoms with E-state index in [4.69, 9.17) is 9.47 Å². The summed E-state index contributed by atoms with van der Waals surface area (Å²) < 4.78 is 24.4. The van der Waals surface area contributed by atoms with E-state index in [9.17, 15) is 4.39 Å². The smallest absolute Gasteiger partial charge is 0.191 e. The van der Waals surface area contributed by atoms with Crippen molar-refractivity contribution in [1.82, 2.24) is 15.6 Å². The zero-order valence-corrected chi connectivity index (χ0v) is 17.0. The van der Waals surface area contributed by atoms with E-state index >= 15 is 0 Å². The van der Waals surface area contributed by atoms with Gasteiger partial charge in [-0.05, 0) is 54.8 Å². The van der Waals surface area contributed by atoms with E-state index in [0.717, 1.165) is 34.2 Å². The molecule has 0 fully saturated rings. The van der Waals surface area contributed by atoms with Crippen LogP contribution in [0.4, 0.5) is 4.39 Å². The summed E-state index contributed by atoms with van der Waals surface area (Å²) in [4.78, 5) is 7.43. The molecule has 154 valence electrons. The standard InChI is InChI=1S/C22H27FN4O2/c1-4-29-20-8-5-15(11-21(20)28-3)13-27-22(24-2)25-10-9-16-14-26-19-7-6-17(23)12-18(16)19/h5-8,11-12,14,26H,4,9-10,13H2,1-3H3,(H2,24,25,27). The molecular weight excluding hydrogens is 371 g/mol. The molecular formula is C22H27FN4O2. The predicted octanol–water partition coefficient (Wildman–Crippen LogP) is 3.62. The van der Waals surface area contributed by atoms with Crippen LogP contribution in [0.2, 0.25) is 0 Å². The number of aromatic amines is 1. The highest BCUT2D eigenvalue weighted by atomic mass is 19.1. The van der Waals surface area contributed by atoms with Gasteiger partial charge in [-0.15, -0.1) is 0 Å². The summed E-state index contributed by atoms with van der Waals surface area (Å²) in [6, 6.07) is 10.6. The maximum atomic E-state index is 13.5. The third kappa shape index (κ3) is 5.19. The van der Waals surface area contributed by atoms with Gasteiger partial charge in [0.05, 0.1) is 13.7 Å². The van der Waals surface area contributed by atoms with E-state index in [0.29, 0.717) is 31.4 Å². The van der Waals surface area contributed by atoms with Crippen molar-refractivity contribution in [2.75, 3.05) is 27.3 Å². The van der Waals surface area contributed by atoms with Crippen LogP contribution in [0.15, 0.2) is 47.6 Å². The van der Waals surface area contributed by atoms with Crippen LogP contribution in [-0.4, -0.2) is 38.3 Å². The predicted molar refractivity (Wildman–Crippen MR) is 114 cm³/mol. The molecule has 3 rings (SSSR count). The molecule has 0 bridgehead atoms. The van der Waals surface area contributed by atoms with Crippen LogP contribution < -0.4 is 20.1 Å². The van der Waals surface area contributed by atoms with Crippen molar-refractivity contribution in [3.8, 4) is 11.5 Å². The minimum absolute atomic E-state index is 0.227. The van der Waals surface area contributed by atoms with E-state index in [1.54, 1.807) is 26.3 Å². The second kappa shape index (κ2) is 9.82. The van der Waals surface area contributed by atoms with Crippen LogP contribution in [-0.2, 0) is 13.0 Å². The van der Waals surface area contributed by atoms with Crippen molar-refractivity contribution in [3.05, 3.63) is 59.5 Å². The van der Waals surface area contributed by atoms with Crippen LogP contribution in [0.1, 0.15) is 18.1 Å². The lowest BCUT2D eigenvalue weighted by atomic mass is 10.1. The molecule has 3 N–H and O–H groups in total. The third-order valence-corrected chi connectivity index (χ3v) is 4.63. The van der Waals surface area contributed by atoms with Gasteiger partial charge in [-0.1, -0.05) is 6.07 Å². The van der Waals surface area contributed by atoms with Gasteiger partial charge in [0.2, 0.25) is 0 Å². The lowest BCUT2D eigenvalue weighted by Crippen LogP contribution is -2.37. The van der Waals surface area contributed by atoms with E-state index in [-0.39, 0.29) is 5.82 Å². The SMILES string of the molecule is CCOc1ccc(CNC(=NC)NCCc2c[nH]c3ccc(F)cc23)cc1OC. The number of aromatic nitrogens is 1. The molecule has 0 aliphatic heterocycles. The summed E-state index contributed by atoms with van der Waals surface area (Å²) >= 11 is 0. The fourth-order valence-electron chi connectivity index (χ4n) is 3.18. The number of fused-ring (bicyclic) bond motifs is 1. The third-order valence-electron chi connectivity index (χ3n) is 4.63. The van der Waals surface area contributed by atoms with Crippen LogP contribution in [0, 0.1) is 5.82 Å². The summed E-state index contributed by atoms with van der Waals surface area (Å²) in [5.41, 5.74) is 3.06. The van der Waals surface area contributed by atoms with Crippen molar-refractivity contribution in [1.29, 1.82) is 0 Å². The molecule has 0 radical (unpaired) electrons. The quantitative estimate of drug-likeness (QED) is 0.400. The highest BCUT2D eigenvalue weighted by Gasteiger charge is 2.07. The molecule has 0 saturated heterocycles. The molecule has 6 nitrogen and oxygen atoms in total. The topological polar surface area (TPSA) is 70.7 Å². The first-order valence-corrected chi connectivity index (χ1v) is 9.64. The van der Waals surface area contributed by atoms with Crippen molar-refractivity contribution < 1.29 is 13.9 Å². The number of benzene rings is 2. The number of hydrogen-bond donors (Lipinski definition) is 3. The minimum Gasteiger partial charge on any atom is -0.493 e. The first kappa shape index (κ1) is 20.5. The molecule has 0 saturated carbocycles. The van der Waals surface area contributed by atoms with Crippen LogP contribution in [0.25, 0.3) is 10.9 Å². The van der Waals surface area contributed by atoms with E-state index in [1.165, 1.54) is 6.07 Å². The number of ether oxygens (including phenoxy) is 2. The molecule has 29 heavy (non-hydrogen) atoms. The minimum atomic E-state index is -0.227. The van der Waals surface area contributed by atoms with E-state index in [1.807, 2.05) is 31.3 Å². The fraction of sp³-hybridized carbons (Fsp3) is 0.318. The lowest BCUT2D eigenvalue weighted by molar-refractivity contribution is 0.310. The summed E-state index contributed by atoms with van der Waals surface area (Å²) in [6.45, 7) is 3.81. The van der Waals surface area contributed by atoms with E-state index < -0.39 is 0 Å². The second-order valence-corrected chi connectivity index (χ2v) is 6.52. The van der Waals surface area contributed by atoms with Gasteiger partial charge in [-0.3, -0.25) is 4.99 Å². The number of hydrogen-bond acceptors (Lipinski definition) is 3. The van der Waals surface area contributed by atoms with Gasteiger partial charge < -0.3 is 25.1 Å². The molecule has 1 aromatic heterocycles. The molecule has 0 amide bonds. The Morgan fingerprint density at radius 1 is 1.14 bits per heavy atom. The molecule has 3 aromatic rings. The monoisotopic (exact) mass is 398 g/mol. The Hall–Kier alpha value is -3.22. The first-order chi connectivity index (χ1) is 14.1. The summed E-state index contributed by atoms with van der Waals surface area (Å²) in [5.74, 6) is 1.91. The van der Waals surface area contributed by atoms with Gasteiger partial charge >= 0.3 is 0 Å². The van der Waals surface area contributed by atoms with Gasteiger partial charge in [0.15, 0.2) is 17.5 Å². The molecule has 0 atom stereocenters. The average molecular weight is 398 g/mol. The van der Waals surface area contributed by atoms with Crippen molar-refractivity contribution in [3.63, 3.8) is 0 Å². The van der Waals surface area contributed by atoms with E-state index in [2.05, 4.69) is 20.6 Å². The van der Waals surface area contributed by atoms with Crippen LogP contribution >= 0.6 is 0 Å². The van der Waals surface area contributed by atoms with Crippen LogP contribution in [0.3, 0.4) is 0 Å². The average Bonchev–Trinajstić information content (AvgIpc) is 3.13. The van der Waals surface area contributed by atoms with Gasteiger partial charge in [0, 0.05) is 37.2 Å². The first-order valence-electron chi connectivity index (χ1n) is 9.64. The van der Waals surface area contributed by atoms with Gasteiger partial charge in [-0.2, -0.15) is 0 Å². The summed E-state index contributed by atoms with van der Waals surface area (Å²) in [6.07, 6.45) is 2.68. The second-order valence-electron chi connectivity index (χ2n) is 6.52. The Morgan fingerprint density at radius 3 is 2.76 bits per heavy atom. The van der Waals surface area contributed by atoms with Crippen molar-refractivity contribution >= 4 is 16.9 Å². The Morgan fingerprint density at radius 2 is 2.00 bits per heavy atom. The zero-order valence-electron chi connectivity index (χ0n) is 17.0. The van der Waals surface area contributed by atoms with Crippen LogP contribution in [0.5, 0.6) is 11.5 Å². The number of nitrogens with one attached hydrogen (secondary N) is 3. The summed E-state index contributed by atoms with van der Waals surface area (Å²) in [5, 5.41) is 7.50. The number of guanidine groups is 1. The van der Waals surface area contributed by atoms with Crippen molar-refractivity contribution in [2.45, 2.75) is 19.9 Å². The van der Waals surface area contributed by atoms with Gasteiger partial charge in [-0.25, -0.2) is 4.39 Å². The zero-order chi connectivity index (χ0) is 20.6. The molecule has 0 aliphatic carbocycles. The molecule has 0 unspecified atom stereocenters. The Bertz CT molecular complexity index is 984. The number of methoxy groups -OCH3 is 1.